The lowest BCUT2D eigenvalue weighted by Gasteiger charge is -2.17. The van der Waals surface area contributed by atoms with E-state index in [-0.39, 0.29) is 12.5 Å². The molecule has 2 N–H and O–H groups in total. The van der Waals surface area contributed by atoms with Crippen molar-refractivity contribution in [3.8, 4) is 0 Å². The standard InChI is InChI=1S/C13H19NO2S/c15-8-12-3-1-2-11(12)7-14-13(16)6-10-4-5-17-9-10/h4-5,9,11-12,15H,1-3,6-8H2,(H,14,16). The van der Waals surface area contributed by atoms with E-state index in [1.54, 1.807) is 11.3 Å². The first-order valence-corrected chi connectivity index (χ1v) is 7.12. The zero-order chi connectivity index (χ0) is 12.1. The Kier molecular flexibility index (Phi) is 4.57. The Morgan fingerprint density at radius 1 is 1.47 bits per heavy atom. The van der Waals surface area contributed by atoms with Gasteiger partial charge in [0.1, 0.15) is 0 Å². The van der Waals surface area contributed by atoms with Crippen molar-refractivity contribution in [2.24, 2.45) is 11.8 Å². The average Bonchev–Trinajstić information content (AvgIpc) is 2.96. The van der Waals surface area contributed by atoms with Crippen molar-refractivity contribution in [1.29, 1.82) is 0 Å². The smallest absolute Gasteiger partial charge is 0.224 e. The Bertz CT molecular complexity index is 350. The predicted molar refractivity (Wildman–Crippen MR) is 68.9 cm³/mol. The molecule has 2 unspecified atom stereocenters. The van der Waals surface area contributed by atoms with Gasteiger partial charge in [-0.1, -0.05) is 6.42 Å². The van der Waals surface area contributed by atoms with E-state index < -0.39 is 0 Å². The number of rotatable bonds is 5. The Morgan fingerprint density at radius 3 is 3.00 bits per heavy atom. The number of carbonyl (C=O) groups is 1. The molecule has 2 rings (SSSR count). The molecule has 3 nitrogen and oxygen atoms in total. The van der Waals surface area contributed by atoms with Gasteiger partial charge < -0.3 is 10.4 Å². The van der Waals surface area contributed by atoms with Gasteiger partial charge in [-0.2, -0.15) is 11.3 Å². The third-order valence-corrected chi connectivity index (χ3v) is 4.29. The largest absolute Gasteiger partial charge is 0.396 e. The lowest BCUT2D eigenvalue weighted by Crippen LogP contribution is -2.32. The first-order valence-electron chi connectivity index (χ1n) is 6.18. The molecule has 1 aliphatic rings. The molecule has 1 fully saturated rings. The quantitative estimate of drug-likeness (QED) is 0.841. The fourth-order valence-corrected chi connectivity index (χ4v) is 3.18. The minimum absolute atomic E-state index is 0.0898. The Hall–Kier alpha value is -0.870. The summed E-state index contributed by atoms with van der Waals surface area (Å²) >= 11 is 1.62. The highest BCUT2D eigenvalue weighted by molar-refractivity contribution is 7.07. The second-order valence-corrected chi connectivity index (χ2v) is 5.53. The summed E-state index contributed by atoms with van der Waals surface area (Å²) in [6.45, 7) is 0.971. The summed E-state index contributed by atoms with van der Waals surface area (Å²) in [5, 5.41) is 16.2. The van der Waals surface area contributed by atoms with Crippen LogP contribution in [0, 0.1) is 11.8 Å². The molecule has 0 bridgehead atoms. The van der Waals surface area contributed by atoms with Crippen molar-refractivity contribution in [2.45, 2.75) is 25.7 Å². The molecule has 1 aromatic heterocycles. The van der Waals surface area contributed by atoms with Crippen molar-refractivity contribution in [3.63, 3.8) is 0 Å². The highest BCUT2D eigenvalue weighted by atomic mass is 32.1. The molecule has 0 radical (unpaired) electrons. The number of nitrogens with one attached hydrogen (secondary N) is 1. The minimum Gasteiger partial charge on any atom is -0.396 e. The molecule has 17 heavy (non-hydrogen) atoms. The molecule has 1 aliphatic carbocycles. The minimum atomic E-state index is 0.0898. The maximum absolute atomic E-state index is 11.7. The molecule has 1 saturated carbocycles. The van der Waals surface area contributed by atoms with Crippen LogP contribution in [0.1, 0.15) is 24.8 Å². The molecule has 2 atom stereocenters. The zero-order valence-electron chi connectivity index (χ0n) is 9.89. The molecule has 0 saturated heterocycles. The second kappa shape index (κ2) is 6.17. The van der Waals surface area contributed by atoms with Crippen LogP contribution in [0.15, 0.2) is 16.8 Å². The summed E-state index contributed by atoms with van der Waals surface area (Å²) < 4.78 is 0. The van der Waals surface area contributed by atoms with Crippen molar-refractivity contribution in [2.75, 3.05) is 13.2 Å². The number of aliphatic hydroxyl groups excluding tert-OH is 1. The van der Waals surface area contributed by atoms with Crippen molar-refractivity contribution in [1.82, 2.24) is 5.32 Å². The summed E-state index contributed by atoms with van der Waals surface area (Å²) in [7, 11) is 0. The van der Waals surface area contributed by atoms with Crippen LogP contribution in [0.25, 0.3) is 0 Å². The van der Waals surface area contributed by atoms with E-state index in [9.17, 15) is 9.90 Å². The molecule has 0 spiro atoms. The fraction of sp³-hybridized carbons (Fsp3) is 0.615. The second-order valence-electron chi connectivity index (χ2n) is 4.75. The van der Waals surface area contributed by atoms with Crippen LogP contribution in [-0.4, -0.2) is 24.2 Å². The topological polar surface area (TPSA) is 49.3 Å². The molecule has 1 aromatic rings. The first-order chi connectivity index (χ1) is 8.29. The SMILES string of the molecule is O=C(Cc1ccsc1)NCC1CCCC1CO. The molecule has 1 amide bonds. The Labute approximate surface area is 106 Å². The molecule has 1 heterocycles. The van der Waals surface area contributed by atoms with Crippen molar-refractivity contribution >= 4 is 17.2 Å². The zero-order valence-corrected chi connectivity index (χ0v) is 10.7. The molecular formula is C13H19NO2S. The van der Waals surface area contributed by atoms with E-state index in [4.69, 9.17) is 0 Å². The fourth-order valence-electron chi connectivity index (χ4n) is 2.51. The van der Waals surface area contributed by atoms with E-state index in [1.807, 2.05) is 16.8 Å². The van der Waals surface area contributed by atoms with Crippen LogP contribution < -0.4 is 5.32 Å². The number of thiophene rings is 1. The third-order valence-electron chi connectivity index (χ3n) is 3.56. The maximum Gasteiger partial charge on any atom is 0.224 e. The molecule has 0 aromatic carbocycles. The van der Waals surface area contributed by atoms with Gasteiger partial charge in [0.2, 0.25) is 5.91 Å². The molecule has 94 valence electrons. The molecular weight excluding hydrogens is 234 g/mol. The van der Waals surface area contributed by atoms with Gasteiger partial charge in [0.15, 0.2) is 0 Å². The van der Waals surface area contributed by atoms with Crippen LogP contribution >= 0.6 is 11.3 Å². The van der Waals surface area contributed by atoms with Gasteiger partial charge in [-0.25, -0.2) is 0 Å². The Balaban J connectivity index is 1.72. The number of aliphatic hydroxyl groups is 1. The van der Waals surface area contributed by atoms with Crippen molar-refractivity contribution in [3.05, 3.63) is 22.4 Å². The van der Waals surface area contributed by atoms with E-state index >= 15 is 0 Å². The number of hydrogen-bond acceptors (Lipinski definition) is 3. The average molecular weight is 253 g/mol. The normalized spacial score (nSPS) is 23.8. The number of amides is 1. The van der Waals surface area contributed by atoms with Crippen LogP contribution in [0.2, 0.25) is 0 Å². The van der Waals surface area contributed by atoms with Gasteiger partial charge in [0.25, 0.3) is 0 Å². The molecule has 0 aliphatic heterocycles. The number of hydrogen-bond donors (Lipinski definition) is 2. The predicted octanol–water partition coefficient (Wildman–Crippen LogP) is 1.82. The van der Waals surface area contributed by atoms with Gasteiger partial charge in [0, 0.05) is 13.2 Å². The van der Waals surface area contributed by atoms with E-state index in [0.29, 0.717) is 24.8 Å². The monoisotopic (exact) mass is 253 g/mol. The van der Waals surface area contributed by atoms with Gasteiger partial charge >= 0.3 is 0 Å². The lowest BCUT2D eigenvalue weighted by molar-refractivity contribution is -0.120. The van der Waals surface area contributed by atoms with Crippen LogP contribution in [-0.2, 0) is 11.2 Å². The number of carbonyl (C=O) groups excluding carboxylic acids is 1. The van der Waals surface area contributed by atoms with Gasteiger partial charge in [-0.15, -0.1) is 0 Å². The van der Waals surface area contributed by atoms with E-state index in [2.05, 4.69) is 5.32 Å². The highest BCUT2D eigenvalue weighted by Gasteiger charge is 2.26. The van der Waals surface area contributed by atoms with Crippen LogP contribution in [0.5, 0.6) is 0 Å². The van der Waals surface area contributed by atoms with Gasteiger partial charge in [0.05, 0.1) is 6.42 Å². The van der Waals surface area contributed by atoms with Crippen LogP contribution in [0.3, 0.4) is 0 Å². The van der Waals surface area contributed by atoms with E-state index in [0.717, 1.165) is 18.4 Å². The Morgan fingerprint density at radius 2 is 2.29 bits per heavy atom. The van der Waals surface area contributed by atoms with Crippen molar-refractivity contribution < 1.29 is 9.90 Å². The summed E-state index contributed by atoms with van der Waals surface area (Å²) in [6.07, 6.45) is 3.88. The van der Waals surface area contributed by atoms with Gasteiger partial charge in [-0.05, 0) is 47.1 Å². The summed E-state index contributed by atoms with van der Waals surface area (Å²) in [5.41, 5.74) is 1.08. The molecule has 4 heteroatoms. The maximum atomic E-state index is 11.7. The first kappa shape index (κ1) is 12.6. The summed E-state index contributed by atoms with van der Waals surface area (Å²) in [4.78, 5) is 11.7. The van der Waals surface area contributed by atoms with Crippen LogP contribution in [0.4, 0.5) is 0 Å². The summed E-state index contributed by atoms with van der Waals surface area (Å²) in [6, 6.07) is 1.98. The third kappa shape index (κ3) is 3.54. The summed E-state index contributed by atoms with van der Waals surface area (Å²) in [5.74, 6) is 0.940. The highest BCUT2D eigenvalue weighted by Crippen LogP contribution is 2.30. The van der Waals surface area contributed by atoms with Gasteiger partial charge in [-0.3, -0.25) is 4.79 Å². The van der Waals surface area contributed by atoms with E-state index in [1.165, 1.54) is 6.42 Å². The lowest BCUT2D eigenvalue weighted by atomic mass is 9.97.